The third-order valence-electron chi connectivity index (χ3n) is 4.20. The second-order valence-electron chi connectivity index (χ2n) is 6.35. The number of benzene rings is 2. The van der Waals surface area contributed by atoms with Crippen LogP contribution < -0.4 is 16.0 Å². The summed E-state index contributed by atoms with van der Waals surface area (Å²) in [6.45, 7) is 1.88. The van der Waals surface area contributed by atoms with Gasteiger partial charge in [-0.05, 0) is 42.8 Å². The predicted molar refractivity (Wildman–Crippen MR) is 119 cm³/mol. The monoisotopic (exact) mass is 440 g/mol. The van der Waals surface area contributed by atoms with Crippen LogP contribution in [-0.2, 0) is 0 Å². The highest BCUT2D eigenvalue weighted by atomic mass is 35.5. The molecule has 0 fully saturated rings. The standard InChI is InChI=1S/C20H17ClN6O2S/c1-11-4-2-5-13(21)16(11)25-17(28)12-6-7-14-15(10-12)30-20(24-14)27-19(29)26-18-22-8-3-9-23-18/h2-10,19,29H,1H3,(H,24,27)(H,25,28)(H,22,23,26). The minimum absolute atomic E-state index is 0.265. The van der Waals surface area contributed by atoms with E-state index in [0.717, 1.165) is 10.3 Å². The summed E-state index contributed by atoms with van der Waals surface area (Å²) in [6.07, 6.45) is 2.01. The summed E-state index contributed by atoms with van der Waals surface area (Å²) in [5.74, 6) is 0.0198. The highest BCUT2D eigenvalue weighted by molar-refractivity contribution is 7.22. The van der Waals surface area contributed by atoms with Crippen LogP contribution in [0.5, 0.6) is 0 Å². The number of hydrogen-bond acceptors (Lipinski definition) is 8. The Balaban J connectivity index is 1.49. The van der Waals surface area contributed by atoms with Crippen molar-refractivity contribution in [1.29, 1.82) is 0 Å². The number of hydrogen-bond donors (Lipinski definition) is 4. The van der Waals surface area contributed by atoms with Crippen LogP contribution in [0.1, 0.15) is 15.9 Å². The first-order chi connectivity index (χ1) is 14.5. The Morgan fingerprint density at radius 3 is 2.70 bits per heavy atom. The van der Waals surface area contributed by atoms with E-state index in [1.54, 1.807) is 42.7 Å². The summed E-state index contributed by atoms with van der Waals surface area (Å²) in [5, 5.41) is 19.5. The van der Waals surface area contributed by atoms with Crippen molar-refractivity contribution in [3.05, 3.63) is 71.0 Å². The molecule has 8 nitrogen and oxygen atoms in total. The fourth-order valence-corrected chi connectivity index (χ4v) is 3.95. The number of para-hydroxylation sites is 1. The molecule has 2 aromatic heterocycles. The third kappa shape index (κ3) is 4.48. The molecule has 10 heteroatoms. The van der Waals surface area contributed by atoms with E-state index in [2.05, 4.69) is 30.9 Å². The first-order valence-corrected chi connectivity index (χ1v) is 10.1. The summed E-state index contributed by atoms with van der Waals surface area (Å²) in [7, 11) is 0. The zero-order chi connectivity index (χ0) is 21.1. The number of aryl methyl sites for hydroxylation is 1. The van der Waals surface area contributed by atoms with Gasteiger partial charge in [-0.3, -0.25) is 4.79 Å². The van der Waals surface area contributed by atoms with Crippen molar-refractivity contribution < 1.29 is 9.90 Å². The number of amides is 1. The summed E-state index contributed by atoms with van der Waals surface area (Å²) < 4.78 is 0.796. The zero-order valence-electron chi connectivity index (χ0n) is 15.8. The van der Waals surface area contributed by atoms with E-state index in [4.69, 9.17) is 11.6 Å². The van der Waals surface area contributed by atoms with Gasteiger partial charge in [0.15, 0.2) is 5.13 Å². The Labute approximate surface area is 181 Å². The van der Waals surface area contributed by atoms with Gasteiger partial charge in [-0.1, -0.05) is 35.1 Å². The van der Waals surface area contributed by atoms with Crippen molar-refractivity contribution in [3.8, 4) is 0 Å². The fraction of sp³-hybridized carbons (Fsp3) is 0.100. The highest BCUT2D eigenvalue weighted by Gasteiger charge is 2.14. The van der Waals surface area contributed by atoms with E-state index in [-0.39, 0.29) is 11.9 Å². The Bertz CT molecular complexity index is 1180. The van der Waals surface area contributed by atoms with Crippen LogP contribution >= 0.6 is 22.9 Å². The Morgan fingerprint density at radius 1 is 1.13 bits per heavy atom. The predicted octanol–water partition coefficient (Wildman–Crippen LogP) is 4.10. The number of rotatable bonds is 6. The van der Waals surface area contributed by atoms with E-state index < -0.39 is 6.35 Å². The van der Waals surface area contributed by atoms with Gasteiger partial charge in [0.2, 0.25) is 12.3 Å². The maximum atomic E-state index is 12.7. The molecule has 152 valence electrons. The average molecular weight is 441 g/mol. The summed E-state index contributed by atoms with van der Waals surface area (Å²) in [5.41, 5.74) is 2.66. The van der Waals surface area contributed by atoms with Crippen molar-refractivity contribution in [3.63, 3.8) is 0 Å². The number of aliphatic hydroxyl groups excluding tert-OH is 1. The van der Waals surface area contributed by atoms with Crippen LogP contribution in [0.15, 0.2) is 54.9 Å². The van der Waals surface area contributed by atoms with Gasteiger partial charge in [0.1, 0.15) is 0 Å². The smallest absolute Gasteiger partial charge is 0.255 e. The fourth-order valence-electron chi connectivity index (χ4n) is 2.75. The molecule has 0 saturated heterocycles. The van der Waals surface area contributed by atoms with E-state index >= 15 is 0 Å². The van der Waals surface area contributed by atoms with Crippen LogP contribution in [0, 0.1) is 6.92 Å². The Morgan fingerprint density at radius 2 is 1.93 bits per heavy atom. The molecule has 0 aliphatic heterocycles. The van der Waals surface area contributed by atoms with Crippen LogP contribution in [0.4, 0.5) is 16.8 Å². The first kappa shape index (κ1) is 20.0. The lowest BCUT2D eigenvalue weighted by Crippen LogP contribution is -2.28. The molecule has 1 unspecified atom stereocenters. The molecule has 1 amide bonds. The zero-order valence-corrected chi connectivity index (χ0v) is 17.3. The van der Waals surface area contributed by atoms with Crippen molar-refractivity contribution in [2.75, 3.05) is 16.0 Å². The van der Waals surface area contributed by atoms with Crippen molar-refractivity contribution in [2.45, 2.75) is 13.3 Å². The normalized spacial score (nSPS) is 11.8. The minimum Gasteiger partial charge on any atom is -0.356 e. The highest BCUT2D eigenvalue weighted by Crippen LogP contribution is 2.29. The molecule has 0 radical (unpaired) electrons. The van der Waals surface area contributed by atoms with Crippen LogP contribution in [0.25, 0.3) is 10.2 Å². The van der Waals surface area contributed by atoms with Gasteiger partial charge in [-0.2, -0.15) is 0 Å². The van der Waals surface area contributed by atoms with Crippen molar-refractivity contribution in [2.24, 2.45) is 0 Å². The number of aromatic nitrogens is 3. The van der Waals surface area contributed by atoms with Gasteiger partial charge in [0.05, 0.1) is 20.9 Å². The lowest BCUT2D eigenvalue weighted by molar-refractivity contribution is 0.102. The topological polar surface area (TPSA) is 112 Å². The van der Waals surface area contributed by atoms with Crippen molar-refractivity contribution >= 4 is 55.8 Å². The van der Waals surface area contributed by atoms with Gasteiger partial charge >= 0.3 is 0 Å². The number of carbonyl (C=O) groups is 1. The largest absolute Gasteiger partial charge is 0.356 e. The summed E-state index contributed by atoms with van der Waals surface area (Å²) in [6, 6.07) is 12.3. The Hall–Kier alpha value is -3.27. The van der Waals surface area contributed by atoms with Gasteiger partial charge in [-0.25, -0.2) is 15.0 Å². The lowest BCUT2D eigenvalue weighted by Gasteiger charge is -2.12. The quantitative estimate of drug-likeness (QED) is 0.334. The molecule has 2 aromatic carbocycles. The van der Waals surface area contributed by atoms with Gasteiger partial charge in [0.25, 0.3) is 5.91 Å². The molecular weight excluding hydrogens is 424 g/mol. The number of nitrogens with one attached hydrogen (secondary N) is 3. The number of aliphatic hydroxyl groups is 1. The average Bonchev–Trinajstić information content (AvgIpc) is 3.12. The first-order valence-electron chi connectivity index (χ1n) is 8.95. The molecule has 4 rings (SSSR count). The Kier molecular flexibility index (Phi) is 5.75. The summed E-state index contributed by atoms with van der Waals surface area (Å²) in [4.78, 5) is 25.1. The minimum atomic E-state index is -1.13. The maximum Gasteiger partial charge on any atom is 0.255 e. The third-order valence-corrected chi connectivity index (χ3v) is 5.47. The lowest BCUT2D eigenvalue weighted by atomic mass is 10.1. The molecule has 2 heterocycles. The van der Waals surface area contributed by atoms with E-state index in [0.29, 0.717) is 26.9 Å². The second-order valence-corrected chi connectivity index (χ2v) is 7.79. The van der Waals surface area contributed by atoms with Crippen LogP contribution in [0.3, 0.4) is 0 Å². The molecule has 0 aliphatic carbocycles. The number of fused-ring (bicyclic) bond motifs is 1. The molecule has 0 bridgehead atoms. The molecule has 4 aromatic rings. The molecule has 0 aliphatic rings. The number of nitrogens with zero attached hydrogens (tertiary/aromatic N) is 3. The molecule has 1 atom stereocenters. The second kappa shape index (κ2) is 8.62. The number of halogens is 1. The van der Waals surface area contributed by atoms with Crippen LogP contribution in [-0.4, -0.2) is 32.3 Å². The van der Waals surface area contributed by atoms with E-state index in [1.165, 1.54) is 11.3 Å². The molecular formula is C20H17ClN6O2S. The van der Waals surface area contributed by atoms with E-state index in [1.807, 2.05) is 19.1 Å². The van der Waals surface area contributed by atoms with Gasteiger partial charge in [-0.15, -0.1) is 0 Å². The summed E-state index contributed by atoms with van der Waals surface area (Å²) >= 11 is 7.51. The number of carbonyl (C=O) groups excluding carboxylic acids is 1. The molecule has 0 spiro atoms. The molecule has 4 N–H and O–H groups in total. The molecule has 30 heavy (non-hydrogen) atoms. The molecule has 0 saturated carbocycles. The SMILES string of the molecule is Cc1cccc(Cl)c1NC(=O)c1ccc2nc(NC(O)Nc3ncccn3)sc2c1. The van der Waals surface area contributed by atoms with Crippen molar-refractivity contribution in [1.82, 2.24) is 15.0 Å². The van der Waals surface area contributed by atoms with Gasteiger partial charge < -0.3 is 21.1 Å². The number of thiazole rings is 1. The maximum absolute atomic E-state index is 12.7. The van der Waals surface area contributed by atoms with Crippen LogP contribution in [0.2, 0.25) is 5.02 Å². The van der Waals surface area contributed by atoms with E-state index in [9.17, 15) is 9.90 Å². The van der Waals surface area contributed by atoms with Gasteiger partial charge in [0, 0.05) is 18.0 Å². The number of anilines is 3.